The van der Waals surface area contributed by atoms with Crippen LogP contribution in [0.3, 0.4) is 0 Å². The van der Waals surface area contributed by atoms with Crippen molar-refractivity contribution in [3.05, 3.63) is 103 Å². The van der Waals surface area contributed by atoms with Gasteiger partial charge in [0.25, 0.3) is 0 Å². The molecule has 0 bridgehead atoms. The van der Waals surface area contributed by atoms with Crippen molar-refractivity contribution >= 4 is 21.8 Å². The van der Waals surface area contributed by atoms with Crippen LogP contribution in [0.1, 0.15) is 11.1 Å². The second kappa shape index (κ2) is 8.33. The molecule has 0 amide bonds. The smallest absolute Gasteiger partial charge is 0.116 e. The Morgan fingerprint density at radius 2 is 1.64 bits per heavy atom. The molecule has 4 heterocycles. The number of pyridine rings is 2. The van der Waals surface area contributed by atoms with E-state index in [4.69, 9.17) is 0 Å². The first-order valence-electron chi connectivity index (χ1n) is 10.9. The molecule has 0 aliphatic heterocycles. The van der Waals surface area contributed by atoms with Gasteiger partial charge >= 0.3 is 0 Å². The van der Waals surface area contributed by atoms with Gasteiger partial charge in [-0.05, 0) is 47.0 Å². The molecular weight excluding hydrogens is 408 g/mol. The lowest BCUT2D eigenvalue weighted by atomic mass is 10.0. The topological polar surface area (TPSA) is 82.3 Å². The highest BCUT2D eigenvalue weighted by molar-refractivity contribution is 5.97. The minimum absolute atomic E-state index is 0.762. The molecule has 6 rings (SSSR count). The molecule has 2 aromatic carbocycles. The minimum atomic E-state index is 0.762. The molecule has 3 N–H and O–H groups in total. The normalized spacial score (nSPS) is 11.4. The first-order valence-corrected chi connectivity index (χ1v) is 10.9. The zero-order valence-electron chi connectivity index (χ0n) is 17.9. The van der Waals surface area contributed by atoms with Gasteiger partial charge in [0.1, 0.15) is 5.69 Å². The molecule has 0 spiro atoms. The van der Waals surface area contributed by atoms with Crippen LogP contribution >= 0.6 is 0 Å². The zero-order valence-corrected chi connectivity index (χ0v) is 17.9. The predicted octanol–water partition coefficient (Wildman–Crippen LogP) is 5.46. The first-order chi connectivity index (χ1) is 16.3. The van der Waals surface area contributed by atoms with Gasteiger partial charge in [0.2, 0.25) is 0 Å². The van der Waals surface area contributed by atoms with Crippen LogP contribution in [-0.4, -0.2) is 25.1 Å². The summed E-state index contributed by atoms with van der Waals surface area (Å²) in [6, 6.07) is 23.0. The van der Waals surface area contributed by atoms with Gasteiger partial charge in [0, 0.05) is 59.7 Å². The quantitative estimate of drug-likeness (QED) is 0.328. The molecule has 6 nitrogen and oxygen atoms in total. The van der Waals surface area contributed by atoms with E-state index in [1.807, 2.05) is 30.7 Å². The van der Waals surface area contributed by atoms with Gasteiger partial charge in [-0.25, -0.2) is 0 Å². The standard InChI is InChI=1S/C27H22N6/c1-2-4-18(5-3-1)13-29-14-19-10-21(16-30-15-19)20-6-7-25-23(11-20)27(33-32-25)26-12-22-17-28-9-8-24(22)31-26/h1-12,15-17,29,31H,13-14H2,(H,32,33). The summed E-state index contributed by atoms with van der Waals surface area (Å²) in [6.07, 6.45) is 7.48. The summed E-state index contributed by atoms with van der Waals surface area (Å²) in [4.78, 5) is 12.1. The Morgan fingerprint density at radius 1 is 0.727 bits per heavy atom. The average molecular weight is 431 g/mol. The van der Waals surface area contributed by atoms with Gasteiger partial charge in [0.05, 0.1) is 11.2 Å². The monoisotopic (exact) mass is 430 g/mol. The zero-order chi connectivity index (χ0) is 22.0. The second-order valence-corrected chi connectivity index (χ2v) is 8.15. The fraction of sp³-hybridized carbons (Fsp3) is 0.0741. The largest absolute Gasteiger partial charge is 0.353 e. The van der Waals surface area contributed by atoms with Crippen LogP contribution in [0.5, 0.6) is 0 Å². The Morgan fingerprint density at radius 3 is 2.55 bits per heavy atom. The molecule has 0 aliphatic rings. The number of fused-ring (bicyclic) bond motifs is 2. The van der Waals surface area contributed by atoms with Gasteiger partial charge < -0.3 is 10.3 Å². The van der Waals surface area contributed by atoms with Crippen molar-refractivity contribution in [1.82, 2.24) is 30.5 Å². The van der Waals surface area contributed by atoms with Gasteiger partial charge in [-0.15, -0.1) is 0 Å². The van der Waals surface area contributed by atoms with Crippen molar-refractivity contribution in [3.8, 4) is 22.5 Å². The lowest BCUT2D eigenvalue weighted by Crippen LogP contribution is -2.12. The molecule has 0 aliphatic carbocycles. The van der Waals surface area contributed by atoms with Crippen molar-refractivity contribution in [1.29, 1.82) is 0 Å². The number of H-pyrrole nitrogens is 2. The van der Waals surface area contributed by atoms with E-state index in [1.165, 1.54) is 5.56 Å². The number of nitrogens with zero attached hydrogens (tertiary/aromatic N) is 3. The first kappa shape index (κ1) is 19.4. The van der Waals surface area contributed by atoms with Crippen LogP contribution in [0.2, 0.25) is 0 Å². The molecule has 0 saturated carbocycles. The Bertz CT molecular complexity index is 1510. The average Bonchev–Trinajstić information content (AvgIpc) is 3.48. The fourth-order valence-corrected chi connectivity index (χ4v) is 4.19. The number of nitrogens with one attached hydrogen (secondary N) is 3. The van der Waals surface area contributed by atoms with E-state index in [2.05, 4.69) is 85.1 Å². The Kier molecular flexibility index (Phi) is 4.90. The van der Waals surface area contributed by atoms with Crippen molar-refractivity contribution in [2.24, 2.45) is 0 Å². The predicted molar refractivity (Wildman–Crippen MR) is 131 cm³/mol. The number of rotatable bonds is 6. The van der Waals surface area contributed by atoms with Crippen LogP contribution in [0.15, 0.2) is 91.5 Å². The van der Waals surface area contributed by atoms with Crippen LogP contribution in [0.4, 0.5) is 0 Å². The summed E-state index contributed by atoms with van der Waals surface area (Å²) in [5.41, 5.74) is 8.54. The number of hydrogen-bond acceptors (Lipinski definition) is 4. The van der Waals surface area contributed by atoms with Crippen LogP contribution < -0.4 is 5.32 Å². The van der Waals surface area contributed by atoms with Crippen molar-refractivity contribution in [2.45, 2.75) is 13.1 Å². The Labute approximate surface area is 190 Å². The van der Waals surface area contributed by atoms with Gasteiger partial charge in [-0.1, -0.05) is 36.4 Å². The third-order valence-corrected chi connectivity index (χ3v) is 5.87. The SMILES string of the molecule is c1ccc(CNCc2cncc(-c3ccc4[nH]nc(-c5cc6cnccc6[nH]5)c4c3)c2)cc1. The molecule has 0 unspecified atom stereocenters. The number of benzene rings is 2. The summed E-state index contributed by atoms with van der Waals surface area (Å²) in [5, 5.41) is 13.4. The molecule has 4 aromatic heterocycles. The maximum Gasteiger partial charge on any atom is 0.116 e. The molecule has 0 radical (unpaired) electrons. The molecule has 0 saturated heterocycles. The maximum atomic E-state index is 4.58. The molecule has 33 heavy (non-hydrogen) atoms. The van der Waals surface area contributed by atoms with Gasteiger partial charge in [-0.2, -0.15) is 5.10 Å². The summed E-state index contributed by atoms with van der Waals surface area (Å²) in [6.45, 7) is 1.59. The highest BCUT2D eigenvalue weighted by atomic mass is 15.1. The van der Waals surface area contributed by atoms with Crippen molar-refractivity contribution in [2.75, 3.05) is 0 Å². The molecular formula is C27H22N6. The summed E-state index contributed by atoms with van der Waals surface area (Å²) < 4.78 is 0. The van der Waals surface area contributed by atoms with Crippen LogP contribution in [-0.2, 0) is 13.1 Å². The van der Waals surface area contributed by atoms with E-state index in [9.17, 15) is 0 Å². The Hall–Kier alpha value is -4.29. The lowest BCUT2D eigenvalue weighted by molar-refractivity contribution is 0.691. The fourth-order valence-electron chi connectivity index (χ4n) is 4.19. The number of aromatic nitrogens is 5. The van der Waals surface area contributed by atoms with Crippen LogP contribution in [0, 0.1) is 0 Å². The summed E-state index contributed by atoms with van der Waals surface area (Å²) in [7, 11) is 0. The number of aromatic amines is 2. The highest BCUT2D eigenvalue weighted by Gasteiger charge is 2.12. The van der Waals surface area contributed by atoms with Crippen LogP contribution in [0.25, 0.3) is 44.3 Å². The summed E-state index contributed by atoms with van der Waals surface area (Å²) in [5.74, 6) is 0. The number of hydrogen-bond donors (Lipinski definition) is 3. The van der Waals surface area contributed by atoms with E-state index in [1.54, 1.807) is 6.20 Å². The Balaban J connectivity index is 1.28. The maximum absolute atomic E-state index is 4.58. The van der Waals surface area contributed by atoms with Crippen molar-refractivity contribution < 1.29 is 0 Å². The molecule has 0 atom stereocenters. The molecule has 6 heteroatoms. The van der Waals surface area contributed by atoms with Crippen molar-refractivity contribution in [3.63, 3.8) is 0 Å². The second-order valence-electron chi connectivity index (χ2n) is 8.15. The minimum Gasteiger partial charge on any atom is -0.353 e. The van der Waals surface area contributed by atoms with E-state index >= 15 is 0 Å². The van der Waals surface area contributed by atoms with E-state index < -0.39 is 0 Å². The molecule has 0 fully saturated rings. The van der Waals surface area contributed by atoms with Gasteiger partial charge in [0.15, 0.2) is 0 Å². The molecule has 6 aromatic rings. The summed E-state index contributed by atoms with van der Waals surface area (Å²) >= 11 is 0. The molecule has 160 valence electrons. The third-order valence-electron chi connectivity index (χ3n) is 5.87. The third kappa shape index (κ3) is 3.88. The van der Waals surface area contributed by atoms with E-state index in [-0.39, 0.29) is 0 Å². The highest BCUT2D eigenvalue weighted by Crippen LogP contribution is 2.31. The lowest BCUT2D eigenvalue weighted by Gasteiger charge is -2.08. The van der Waals surface area contributed by atoms with E-state index in [0.717, 1.165) is 63.0 Å². The van der Waals surface area contributed by atoms with Gasteiger partial charge in [-0.3, -0.25) is 15.1 Å². The van der Waals surface area contributed by atoms with E-state index in [0.29, 0.717) is 0 Å².